The molecule has 0 saturated heterocycles. The van der Waals surface area contributed by atoms with E-state index in [1.165, 1.54) is 6.08 Å². The van der Waals surface area contributed by atoms with E-state index >= 15 is 0 Å². The van der Waals surface area contributed by atoms with Crippen LogP contribution >= 0.6 is 12.4 Å². The van der Waals surface area contributed by atoms with E-state index in [0.717, 1.165) is 0 Å². The van der Waals surface area contributed by atoms with Crippen LogP contribution in [0.25, 0.3) is 0 Å². The molecule has 3 nitrogen and oxygen atoms in total. The van der Waals surface area contributed by atoms with Crippen LogP contribution in [0.15, 0.2) is 24.0 Å². The predicted molar refractivity (Wildman–Crippen MR) is 38.1 cm³/mol. The Hall–Kier alpha value is -0.960. The molecule has 4 heteroatoms. The number of hydrogen-bond donors (Lipinski definition) is 1. The van der Waals surface area contributed by atoms with Crippen LogP contribution in [0.2, 0.25) is 0 Å². The van der Waals surface area contributed by atoms with Gasteiger partial charge in [-0.25, -0.2) is 4.79 Å². The van der Waals surface area contributed by atoms with Crippen molar-refractivity contribution >= 4 is 18.4 Å². The normalized spacial score (nSPS) is 14.6. The Balaban J connectivity index is 0.000000810. The first kappa shape index (κ1) is 9.04. The van der Waals surface area contributed by atoms with E-state index in [1.54, 1.807) is 12.2 Å². The lowest BCUT2D eigenvalue weighted by molar-refractivity contribution is -0.136. The van der Waals surface area contributed by atoms with Gasteiger partial charge in [0.1, 0.15) is 6.61 Å². The van der Waals surface area contributed by atoms with Crippen LogP contribution in [0.4, 0.5) is 0 Å². The lowest BCUT2D eigenvalue weighted by atomic mass is 10.3. The summed E-state index contributed by atoms with van der Waals surface area (Å²) in [4.78, 5) is 10.1. The second kappa shape index (κ2) is 3.95. The van der Waals surface area contributed by atoms with Gasteiger partial charge in [-0.2, -0.15) is 0 Å². The van der Waals surface area contributed by atoms with Gasteiger partial charge in [-0.05, 0) is 12.2 Å². The number of halogens is 1. The second-order valence-corrected chi connectivity index (χ2v) is 1.58. The van der Waals surface area contributed by atoms with Gasteiger partial charge in [0, 0.05) is 0 Å². The molecule has 1 aliphatic rings. The number of aliphatic carboxylic acids is 1. The van der Waals surface area contributed by atoms with Crippen molar-refractivity contribution in [1.82, 2.24) is 0 Å². The van der Waals surface area contributed by atoms with Crippen LogP contribution in [-0.2, 0) is 9.53 Å². The van der Waals surface area contributed by atoms with E-state index in [9.17, 15) is 4.79 Å². The van der Waals surface area contributed by atoms with Crippen molar-refractivity contribution < 1.29 is 14.6 Å². The van der Waals surface area contributed by atoms with Crippen LogP contribution in [-0.4, -0.2) is 17.7 Å². The van der Waals surface area contributed by atoms with Gasteiger partial charge in [0.2, 0.25) is 5.76 Å². The first-order valence-electron chi connectivity index (χ1n) is 2.53. The molecule has 0 unspecified atom stereocenters. The first-order chi connectivity index (χ1) is 4.30. The molecule has 0 radical (unpaired) electrons. The maximum absolute atomic E-state index is 10.1. The Labute approximate surface area is 64.4 Å². The number of allylic oxidation sites excluding steroid dienone is 2. The van der Waals surface area contributed by atoms with Crippen molar-refractivity contribution in [3.8, 4) is 0 Å². The zero-order chi connectivity index (χ0) is 6.69. The summed E-state index contributed by atoms with van der Waals surface area (Å²) in [5, 5.41) is 8.31. The average molecular weight is 163 g/mol. The van der Waals surface area contributed by atoms with Crippen molar-refractivity contribution in [2.24, 2.45) is 0 Å². The molecule has 0 atom stereocenters. The van der Waals surface area contributed by atoms with E-state index in [1.807, 2.05) is 0 Å². The van der Waals surface area contributed by atoms with Gasteiger partial charge in [-0.15, -0.1) is 12.4 Å². The van der Waals surface area contributed by atoms with Crippen molar-refractivity contribution in [1.29, 1.82) is 0 Å². The molecule has 1 rings (SSSR count). The van der Waals surface area contributed by atoms with Crippen LogP contribution in [0.5, 0.6) is 0 Å². The standard InChI is InChI=1S/C6H6O3.ClH/c7-6(8)5-3-1-2-4-9-5;/h1-3H,4H2,(H,7,8);1H. The fourth-order valence-electron chi connectivity index (χ4n) is 0.530. The Morgan fingerprint density at radius 3 is 2.70 bits per heavy atom. The molecule has 0 aromatic carbocycles. The lowest BCUT2D eigenvalue weighted by Gasteiger charge is -2.04. The summed E-state index contributed by atoms with van der Waals surface area (Å²) < 4.78 is 4.71. The van der Waals surface area contributed by atoms with E-state index in [-0.39, 0.29) is 18.2 Å². The quantitative estimate of drug-likeness (QED) is 0.625. The van der Waals surface area contributed by atoms with Crippen LogP contribution in [0.1, 0.15) is 0 Å². The summed E-state index contributed by atoms with van der Waals surface area (Å²) >= 11 is 0. The molecule has 0 aromatic rings. The highest BCUT2D eigenvalue weighted by molar-refractivity contribution is 5.85. The molecule has 0 bridgehead atoms. The topological polar surface area (TPSA) is 46.5 Å². The summed E-state index contributed by atoms with van der Waals surface area (Å²) in [5.74, 6) is -1.00. The smallest absolute Gasteiger partial charge is 0.371 e. The summed E-state index contributed by atoms with van der Waals surface area (Å²) in [5.41, 5.74) is 0. The van der Waals surface area contributed by atoms with E-state index in [0.29, 0.717) is 6.61 Å². The van der Waals surface area contributed by atoms with Gasteiger partial charge in [-0.1, -0.05) is 6.08 Å². The molecule has 0 saturated carbocycles. The van der Waals surface area contributed by atoms with Crippen molar-refractivity contribution in [2.45, 2.75) is 0 Å². The molecule has 0 aliphatic carbocycles. The van der Waals surface area contributed by atoms with E-state index < -0.39 is 5.97 Å². The summed E-state index contributed by atoms with van der Waals surface area (Å²) in [7, 11) is 0. The minimum Gasteiger partial charge on any atom is -0.482 e. The van der Waals surface area contributed by atoms with Crippen LogP contribution in [0, 0.1) is 0 Å². The number of carboxylic acids is 1. The Morgan fingerprint density at radius 2 is 2.40 bits per heavy atom. The minimum atomic E-state index is -1.01. The first-order valence-corrected chi connectivity index (χ1v) is 2.53. The third-order valence-electron chi connectivity index (χ3n) is 0.930. The maximum atomic E-state index is 10.1. The van der Waals surface area contributed by atoms with Crippen LogP contribution < -0.4 is 0 Å². The summed E-state index contributed by atoms with van der Waals surface area (Å²) in [6.45, 7) is 0.359. The van der Waals surface area contributed by atoms with Gasteiger partial charge in [0.25, 0.3) is 0 Å². The summed E-state index contributed by atoms with van der Waals surface area (Å²) in [6.07, 6.45) is 4.82. The molecule has 0 amide bonds. The Morgan fingerprint density at radius 1 is 1.70 bits per heavy atom. The number of carbonyl (C=O) groups is 1. The molecule has 0 fully saturated rings. The van der Waals surface area contributed by atoms with E-state index in [4.69, 9.17) is 9.84 Å². The predicted octanol–water partition coefficient (Wildman–Crippen LogP) is 0.963. The second-order valence-electron chi connectivity index (χ2n) is 1.58. The molecule has 1 N–H and O–H groups in total. The van der Waals surface area contributed by atoms with Gasteiger partial charge in [0.15, 0.2) is 0 Å². The molecule has 1 heterocycles. The van der Waals surface area contributed by atoms with Gasteiger partial charge >= 0.3 is 5.97 Å². The van der Waals surface area contributed by atoms with Gasteiger partial charge < -0.3 is 9.84 Å². The SMILES string of the molecule is Cl.O=C(O)C1=CC=CCO1. The van der Waals surface area contributed by atoms with E-state index in [2.05, 4.69) is 0 Å². The van der Waals surface area contributed by atoms with Crippen molar-refractivity contribution in [2.75, 3.05) is 6.61 Å². The number of rotatable bonds is 1. The van der Waals surface area contributed by atoms with Crippen molar-refractivity contribution in [3.63, 3.8) is 0 Å². The molecular formula is C6H7ClO3. The third-order valence-corrected chi connectivity index (χ3v) is 0.930. The minimum absolute atomic E-state index is 0. The third kappa shape index (κ3) is 2.11. The van der Waals surface area contributed by atoms with Gasteiger partial charge in [-0.3, -0.25) is 0 Å². The molecule has 56 valence electrons. The fourth-order valence-corrected chi connectivity index (χ4v) is 0.530. The number of hydrogen-bond acceptors (Lipinski definition) is 2. The molecule has 0 spiro atoms. The number of ether oxygens (including phenoxy) is 1. The molecule has 0 aromatic heterocycles. The zero-order valence-electron chi connectivity index (χ0n) is 5.11. The average Bonchev–Trinajstić information content (AvgIpc) is 1.90. The largest absolute Gasteiger partial charge is 0.482 e. The highest BCUT2D eigenvalue weighted by Crippen LogP contribution is 2.02. The highest BCUT2D eigenvalue weighted by Gasteiger charge is 2.07. The lowest BCUT2D eigenvalue weighted by Crippen LogP contribution is -2.06. The Kier molecular flexibility index (Phi) is 3.57. The molecule has 1 aliphatic heterocycles. The Bertz CT molecular complexity index is 183. The maximum Gasteiger partial charge on any atom is 0.371 e. The van der Waals surface area contributed by atoms with Gasteiger partial charge in [0.05, 0.1) is 0 Å². The zero-order valence-corrected chi connectivity index (χ0v) is 5.93. The summed E-state index contributed by atoms with van der Waals surface area (Å²) in [6, 6.07) is 0. The highest BCUT2D eigenvalue weighted by atomic mass is 35.5. The number of carboxylic acid groups (broad SMARTS) is 1. The molecule has 10 heavy (non-hydrogen) atoms. The fraction of sp³-hybridized carbons (Fsp3) is 0.167. The van der Waals surface area contributed by atoms with Crippen LogP contribution in [0.3, 0.4) is 0 Å². The molecular weight excluding hydrogens is 156 g/mol. The monoisotopic (exact) mass is 162 g/mol. The van der Waals surface area contributed by atoms with Crippen molar-refractivity contribution in [3.05, 3.63) is 24.0 Å².